The Labute approximate surface area is 123 Å². The van der Waals surface area contributed by atoms with Gasteiger partial charge in [0.05, 0.1) is 24.4 Å². The molecule has 0 aromatic heterocycles. The maximum atomic E-state index is 12.0. The van der Waals surface area contributed by atoms with Crippen LogP contribution in [0.3, 0.4) is 0 Å². The van der Waals surface area contributed by atoms with Gasteiger partial charge in [-0.2, -0.15) is 0 Å². The summed E-state index contributed by atoms with van der Waals surface area (Å²) in [4.78, 5) is 23.6. The quantitative estimate of drug-likeness (QED) is 0.818. The molecule has 1 amide bonds. The second-order valence-electron chi connectivity index (χ2n) is 4.91. The van der Waals surface area contributed by atoms with Crippen LogP contribution in [0.4, 0.5) is 5.69 Å². The van der Waals surface area contributed by atoms with Gasteiger partial charge < -0.3 is 15.8 Å². The molecule has 6 heteroatoms. The van der Waals surface area contributed by atoms with Gasteiger partial charge in [-0.15, -0.1) is 0 Å². The highest BCUT2D eigenvalue weighted by molar-refractivity contribution is 6.31. The maximum absolute atomic E-state index is 12.0. The van der Waals surface area contributed by atoms with Crippen LogP contribution in [-0.4, -0.2) is 25.0 Å². The molecule has 3 N–H and O–H groups in total. The molecule has 1 atom stereocenters. The van der Waals surface area contributed by atoms with Crippen LogP contribution in [0.5, 0.6) is 0 Å². The van der Waals surface area contributed by atoms with Crippen LogP contribution in [0.25, 0.3) is 0 Å². The second-order valence-corrected chi connectivity index (χ2v) is 5.34. The molecule has 1 rings (SSSR count). The number of hydrogen-bond acceptors (Lipinski definition) is 4. The van der Waals surface area contributed by atoms with Gasteiger partial charge in [0.2, 0.25) is 5.91 Å². The summed E-state index contributed by atoms with van der Waals surface area (Å²) in [6.45, 7) is 3.96. The van der Waals surface area contributed by atoms with Gasteiger partial charge in [-0.05, 0) is 30.5 Å². The number of hydrogen-bond donors (Lipinski definition) is 2. The van der Waals surface area contributed by atoms with Gasteiger partial charge in [-0.1, -0.05) is 25.4 Å². The first-order valence-electron chi connectivity index (χ1n) is 6.29. The highest BCUT2D eigenvalue weighted by Gasteiger charge is 2.19. The standard InChI is InChI=1S/C14H19ClN2O3/c1-8(2)6-11(16)13(18)17-12-5-4-9(15)7-10(12)14(19)20-3/h4-5,7-8,11H,6,16H2,1-3H3,(H,17,18)/t11-/m0/s1. The molecular formula is C14H19ClN2O3. The van der Waals surface area contributed by atoms with Crippen molar-refractivity contribution in [1.82, 2.24) is 0 Å². The smallest absolute Gasteiger partial charge is 0.340 e. The predicted molar refractivity (Wildman–Crippen MR) is 78.9 cm³/mol. The second kappa shape index (κ2) is 7.26. The minimum atomic E-state index is -0.629. The summed E-state index contributed by atoms with van der Waals surface area (Å²) >= 11 is 5.84. The summed E-state index contributed by atoms with van der Waals surface area (Å²) in [6.07, 6.45) is 0.562. The molecule has 0 aliphatic rings. The van der Waals surface area contributed by atoms with E-state index in [-0.39, 0.29) is 11.5 Å². The van der Waals surface area contributed by atoms with Crippen molar-refractivity contribution in [3.63, 3.8) is 0 Å². The average Bonchev–Trinajstić information content (AvgIpc) is 2.38. The number of halogens is 1. The number of carbonyl (C=O) groups is 2. The van der Waals surface area contributed by atoms with E-state index in [1.807, 2.05) is 13.8 Å². The van der Waals surface area contributed by atoms with Crippen molar-refractivity contribution in [3.05, 3.63) is 28.8 Å². The molecule has 1 aromatic rings. The Morgan fingerprint density at radius 2 is 2.05 bits per heavy atom. The number of ether oxygens (including phenoxy) is 1. The Kier molecular flexibility index (Phi) is 5.98. The first-order chi connectivity index (χ1) is 9.35. The Balaban J connectivity index is 2.92. The summed E-state index contributed by atoms with van der Waals surface area (Å²) in [5, 5.41) is 3.02. The van der Waals surface area contributed by atoms with Gasteiger partial charge in [0.25, 0.3) is 0 Å². The van der Waals surface area contributed by atoms with Crippen LogP contribution in [0.1, 0.15) is 30.6 Å². The van der Waals surface area contributed by atoms with E-state index in [1.54, 1.807) is 12.1 Å². The van der Waals surface area contributed by atoms with Gasteiger partial charge in [0.15, 0.2) is 0 Å². The number of esters is 1. The SMILES string of the molecule is COC(=O)c1cc(Cl)ccc1NC(=O)[C@@H](N)CC(C)C. The third-order valence-electron chi connectivity index (χ3n) is 2.71. The fourth-order valence-electron chi connectivity index (χ4n) is 1.74. The number of methoxy groups -OCH3 is 1. The first kappa shape index (κ1) is 16.5. The summed E-state index contributed by atoms with van der Waals surface area (Å²) in [6, 6.07) is 3.94. The molecule has 0 saturated carbocycles. The van der Waals surface area contributed by atoms with Crippen LogP contribution in [0.15, 0.2) is 18.2 Å². The minimum Gasteiger partial charge on any atom is -0.465 e. The lowest BCUT2D eigenvalue weighted by Gasteiger charge is -2.15. The van der Waals surface area contributed by atoms with E-state index in [2.05, 4.69) is 10.1 Å². The van der Waals surface area contributed by atoms with Crippen LogP contribution >= 0.6 is 11.6 Å². The van der Waals surface area contributed by atoms with Gasteiger partial charge in [0.1, 0.15) is 0 Å². The Morgan fingerprint density at radius 1 is 1.40 bits per heavy atom. The Bertz CT molecular complexity index is 503. The average molecular weight is 299 g/mol. The van der Waals surface area contributed by atoms with E-state index >= 15 is 0 Å². The Hall–Kier alpha value is -1.59. The van der Waals surface area contributed by atoms with Gasteiger partial charge in [-0.3, -0.25) is 4.79 Å². The number of rotatable bonds is 5. The van der Waals surface area contributed by atoms with E-state index in [0.717, 1.165) is 0 Å². The van der Waals surface area contributed by atoms with E-state index < -0.39 is 12.0 Å². The Morgan fingerprint density at radius 3 is 2.60 bits per heavy atom. The molecule has 0 spiro atoms. The van der Waals surface area contributed by atoms with Crippen molar-refractivity contribution in [1.29, 1.82) is 0 Å². The number of nitrogens with two attached hydrogens (primary N) is 1. The zero-order valence-corrected chi connectivity index (χ0v) is 12.5. The third-order valence-corrected chi connectivity index (χ3v) is 2.94. The fraction of sp³-hybridized carbons (Fsp3) is 0.429. The van der Waals surface area contributed by atoms with Crippen molar-refractivity contribution >= 4 is 29.2 Å². The molecule has 1 aromatic carbocycles. The van der Waals surface area contributed by atoms with Crippen LogP contribution in [-0.2, 0) is 9.53 Å². The van der Waals surface area contributed by atoms with Gasteiger partial charge in [0, 0.05) is 5.02 Å². The fourth-order valence-corrected chi connectivity index (χ4v) is 1.92. The lowest BCUT2D eigenvalue weighted by atomic mass is 10.0. The zero-order valence-electron chi connectivity index (χ0n) is 11.8. The lowest BCUT2D eigenvalue weighted by Crippen LogP contribution is -2.37. The molecule has 0 saturated heterocycles. The normalized spacial score (nSPS) is 12.1. The van der Waals surface area contributed by atoms with E-state index in [0.29, 0.717) is 23.0 Å². The minimum absolute atomic E-state index is 0.199. The number of benzene rings is 1. The van der Waals surface area contributed by atoms with Crippen LogP contribution in [0, 0.1) is 5.92 Å². The van der Waals surface area contributed by atoms with E-state index in [9.17, 15) is 9.59 Å². The molecule has 0 unspecified atom stereocenters. The highest BCUT2D eigenvalue weighted by atomic mass is 35.5. The molecule has 0 aliphatic heterocycles. The molecule has 0 bridgehead atoms. The molecule has 0 fully saturated rings. The molecule has 110 valence electrons. The van der Waals surface area contributed by atoms with Gasteiger partial charge >= 0.3 is 5.97 Å². The number of carbonyl (C=O) groups excluding carboxylic acids is 2. The summed E-state index contributed by atoms with van der Waals surface area (Å²) < 4.78 is 4.66. The highest BCUT2D eigenvalue weighted by Crippen LogP contribution is 2.22. The topological polar surface area (TPSA) is 81.4 Å². The van der Waals surface area contributed by atoms with Crippen LogP contribution < -0.4 is 11.1 Å². The molecule has 5 nitrogen and oxygen atoms in total. The summed E-state index contributed by atoms with van der Waals surface area (Å²) in [5.41, 5.74) is 6.34. The molecule has 0 radical (unpaired) electrons. The number of amides is 1. The van der Waals surface area contributed by atoms with Gasteiger partial charge in [-0.25, -0.2) is 4.79 Å². The number of anilines is 1. The third kappa shape index (κ3) is 4.51. The van der Waals surface area contributed by atoms with Crippen molar-refractivity contribution in [2.45, 2.75) is 26.3 Å². The predicted octanol–water partition coefficient (Wildman–Crippen LogP) is 2.44. The molecule has 0 aliphatic carbocycles. The van der Waals surface area contributed by atoms with E-state index in [1.165, 1.54) is 13.2 Å². The largest absolute Gasteiger partial charge is 0.465 e. The van der Waals surface area contributed by atoms with E-state index in [4.69, 9.17) is 17.3 Å². The summed E-state index contributed by atoms with van der Waals surface area (Å²) in [7, 11) is 1.26. The zero-order chi connectivity index (χ0) is 15.3. The number of nitrogens with one attached hydrogen (secondary N) is 1. The molecule has 20 heavy (non-hydrogen) atoms. The molecular weight excluding hydrogens is 280 g/mol. The van der Waals surface area contributed by atoms with Crippen molar-refractivity contribution in [2.75, 3.05) is 12.4 Å². The lowest BCUT2D eigenvalue weighted by molar-refractivity contribution is -0.117. The monoisotopic (exact) mass is 298 g/mol. The van der Waals surface area contributed by atoms with Crippen molar-refractivity contribution in [2.24, 2.45) is 11.7 Å². The summed E-state index contributed by atoms with van der Waals surface area (Å²) in [5.74, 6) is -0.604. The van der Waals surface area contributed by atoms with Crippen molar-refractivity contribution < 1.29 is 14.3 Å². The first-order valence-corrected chi connectivity index (χ1v) is 6.67. The molecule has 0 heterocycles. The van der Waals surface area contributed by atoms with Crippen LogP contribution in [0.2, 0.25) is 5.02 Å². The van der Waals surface area contributed by atoms with Crippen molar-refractivity contribution in [3.8, 4) is 0 Å². The maximum Gasteiger partial charge on any atom is 0.340 e.